The van der Waals surface area contributed by atoms with Gasteiger partial charge in [-0.05, 0) is 30.5 Å². The van der Waals surface area contributed by atoms with E-state index >= 15 is 0 Å². The Hall–Kier alpha value is -1.78. The van der Waals surface area contributed by atoms with Gasteiger partial charge in [-0.3, -0.25) is 9.59 Å². The summed E-state index contributed by atoms with van der Waals surface area (Å²) in [6.45, 7) is 1.40. The topological polar surface area (TPSA) is 43.4 Å². The van der Waals surface area contributed by atoms with Gasteiger partial charge in [-0.2, -0.15) is 0 Å². The first kappa shape index (κ1) is 13.6. The molecule has 0 saturated heterocycles. The molecule has 1 aliphatic rings. The predicted molar refractivity (Wildman–Crippen MR) is 63.6 cm³/mol. The van der Waals surface area contributed by atoms with Gasteiger partial charge in [-0.15, -0.1) is 0 Å². The zero-order valence-electron chi connectivity index (χ0n) is 10.8. The number of ether oxygens (including phenoxy) is 1. The molecule has 0 radical (unpaired) electrons. The van der Waals surface area contributed by atoms with Crippen molar-refractivity contribution >= 4 is 11.8 Å². The van der Waals surface area contributed by atoms with Crippen molar-refractivity contribution in [2.24, 2.45) is 0 Å². The molecule has 0 N–H and O–H groups in total. The normalized spacial score (nSPS) is 22.6. The number of hydrogen-bond donors (Lipinski definition) is 0. The van der Waals surface area contributed by atoms with E-state index in [1.807, 2.05) is 0 Å². The molecule has 0 aromatic heterocycles. The van der Waals surface area contributed by atoms with Crippen molar-refractivity contribution in [1.82, 2.24) is 0 Å². The van der Waals surface area contributed by atoms with E-state index in [4.69, 9.17) is 4.74 Å². The molecule has 102 valence electrons. The van der Waals surface area contributed by atoms with Gasteiger partial charge < -0.3 is 4.74 Å². The molecule has 0 bridgehead atoms. The van der Waals surface area contributed by atoms with Crippen LogP contribution in [-0.4, -0.2) is 18.9 Å². The van der Waals surface area contributed by atoms with Gasteiger partial charge in [0, 0.05) is 12.8 Å². The van der Waals surface area contributed by atoms with E-state index < -0.39 is 23.0 Å². The van der Waals surface area contributed by atoms with E-state index in [0.29, 0.717) is 5.56 Å². The third-order valence-electron chi connectivity index (χ3n) is 3.76. The van der Waals surface area contributed by atoms with Crippen LogP contribution in [0, 0.1) is 18.6 Å². The van der Waals surface area contributed by atoms with Crippen LogP contribution in [0.15, 0.2) is 12.1 Å². The van der Waals surface area contributed by atoms with Gasteiger partial charge in [-0.25, -0.2) is 8.78 Å². The van der Waals surface area contributed by atoms with Crippen molar-refractivity contribution in [3.63, 3.8) is 0 Å². The van der Waals surface area contributed by atoms with Crippen LogP contribution >= 0.6 is 0 Å². The molecule has 0 heterocycles. The van der Waals surface area contributed by atoms with Crippen LogP contribution < -0.4 is 0 Å². The molecule has 3 nitrogen and oxygen atoms in total. The molecule has 1 fully saturated rings. The second kappa shape index (κ2) is 4.72. The minimum absolute atomic E-state index is 0.0222. The van der Waals surface area contributed by atoms with Crippen molar-refractivity contribution in [2.75, 3.05) is 7.11 Å². The monoisotopic (exact) mass is 268 g/mol. The van der Waals surface area contributed by atoms with E-state index in [0.717, 1.165) is 6.07 Å². The Balaban J connectivity index is 2.61. The lowest BCUT2D eigenvalue weighted by Gasteiger charge is -2.27. The summed E-state index contributed by atoms with van der Waals surface area (Å²) in [7, 11) is 1.22. The molecule has 1 aromatic carbocycles. The summed E-state index contributed by atoms with van der Waals surface area (Å²) in [4.78, 5) is 23.6. The van der Waals surface area contributed by atoms with Gasteiger partial charge in [0.15, 0.2) is 11.6 Å². The SMILES string of the molecule is COC(=O)[C@@]1(c2ccc(F)c(F)c2C)CCC(=O)C1. The second-order valence-corrected chi connectivity index (χ2v) is 4.82. The standard InChI is InChI=1S/C14H14F2O3/c1-8-10(3-4-11(15)12(8)16)14(13(18)19-2)6-5-9(17)7-14/h3-4H,5-7H2,1-2H3/t14-/m0/s1. The van der Waals surface area contributed by atoms with Crippen molar-refractivity contribution in [3.8, 4) is 0 Å². The lowest BCUT2D eigenvalue weighted by atomic mass is 9.76. The van der Waals surface area contributed by atoms with Gasteiger partial charge in [-0.1, -0.05) is 6.07 Å². The van der Waals surface area contributed by atoms with E-state index in [-0.39, 0.29) is 30.6 Å². The van der Waals surface area contributed by atoms with Crippen LogP contribution in [-0.2, 0) is 19.7 Å². The van der Waals surface area contributed by atoms with Gasteiger partial charge in [0.1, 0.15) is 11.2 Å². The molecule has 1 aromatic rings. The Labute approximate surface area is 109 Å². The molecule has 0 unspecified atom stereocenters. The molecular formula is C14H14F2O3. The first-order valence-electron chi connectivity index (χ1n) is 5.97. The number of methoxy groups -OCH3 is 1. The molecular weight excluding hydrogens is 254 g/mol. The van der Waals surface area contributed by atoms with Crippen molar-refractivity contribution in [1.29, 1.82) is 0 Å². The third-order valence-corrected chi connectivity index (χ3v) is 3.76. The Kier molecular flexibility index (Phi) is 3.39. The summed E-state index contributed by atoms with van der Waals surface area (Å²) < 4.78 is 31.6. The molecule has 2 rings (SSSR count). The van der Waals surface area contributed by atoms with Crippen LogP contribution in [0.4, 0.5) is 8.78 Å². The Morgan fingerprint density at radius 1 is 1.37 bits per heavy atom. The van der Waals surface area contributed by atoms with Crippen LogP contribution in [0.5, 0.6) is 0 Å². The Morgan fingerprint density at radius 2 is 2.05 bits per heavy atom. The van der Waals surface area contributed by atoms with Crippen LogP contribution in [0.3, 0.4) is 0 Å². The fourth-order valence-electron chi connectivity index (χ4n) is 2.75. The fraction of sp³-hybridized carbons (Fsp3) is 0.429. The molecule has 1 aliphatic carbocycles. The van der Waals surface area contributed by atoms with Crippen molar-refractivity contribution in [2.45, 2.75) is 31.6 Å². The first-order chi connectivity index (χ1) is 8.92. The molecule has 1 atom stereocenters. The van der Waals surface area contributed by atoms with Crippen molar-refractivity contribution < 1.29 is 23.1 Å². The third kappa shape index (κ3) is 2.03. The molecule has 19 heavy (non-hydrogen) atoms. The van der Waals surface area contributed by atoms with E-state index in [1.54, 1.807) is 0 Å². The molecule has 5 heteroatoms. The van der Waals surface area contributed by atoms with Gasteiger partial charge in [0.25, 0.3) is 0 Å². The van der Waals surface area contributed by atoms with E-state index in [2.05, 4.69) is 0 Å². The maximum Gasteiger partial charge on any atom is 0.316 e. The fourth-order valence-corrected chi connectivity index (χ4v) is 2.75. The zero-order valence-corrected chi connectivity index (χ0v) is 10.8. The largest absolute Gasteiger partial charge is 0.468 e. The smallest absolute Gasteiger partial charge is 0.316 e. The molecule has 1 saturated carbocycles. The number of Topliss-reactive ketones (excluding diaryl/α,β-unsaturated/α-hetero) is 1. The average Bonchev–Trinajstić information content (AvgIpc) is 2.78. The summed E-state index contributed by atoms with van der Waals surface area (Å²) in [5.41, 5.74) is -0.783. The lowest BCUT2D eigenvalue weighted by Crippen LogP contribution is -2.35. The minimum Gasteiger partial charge on any atom is -0.468 e. The van der Waals surface area contributed by atoms with Crippen LogP contribution in [0.25, 0.3) is 0 Å². The van der Waals surface area contributed by atoms with E-state index in [1.165, 1.54) is 20.1 Å². The number of rotatable bonds is 2. The summed E-state index contributed by atoms with van der Waals surface area (Å²) >= 11 is 0. The Morgan fingerprint density at radius 3 is 2.58 bits per heavy atom. The van der Waals surface area contributed by atoms with Gasteiger partial charge in [0.2, 0.25) is 0 Å². The van der Waals surface area contributed by atoms with Gasteiger partial charge >= 0.3 is 5.97 Å². The minimum atomic E-state index is -1.18. The highest BCUT2D eigenvalue weighted by molar-refractivity contribution is 5.95. The highest BCUT2D eigenvalue weighted by Gasteiger charge is 2.48. The van der Waals surface area contributed by atoms with Crippen LogP contribution in [0.2, 0.25) is 0 Å². The summed E-state index contributed by atoms with van der Waals surface area (Å²) in [5.74, 6) is -2.60. The summed E-state index contributed by atoms with van der Waals surface area (Å²) in [5, 5.41) is 0. The number of carbonyl (C=O) groups excluding carboxylic acids is 2. The summed E-state index contributed by atoms with van der Waals surface area (Å²) in [6, 6.07) is 2.34. The Bertz CT molecular complexity index is 554. The maximum atomic E-state index is 13.7. The quantitative estimate of drug-likeness (QED) is 0.774. The molecule has 0 aliphatic heterocycles. The first-order valence-corrected chi connectivity index (χ1v) is 5.97. The number of halogens is 2. The second-order valence-electron chi connectivity index (χ2n) is 4.82. The van der Waals surface area contributed by atoms with Crippen molar-refractivity contribution in [3.05, 3.63) is 34.9 Å². The number of esters is 1. The number of ketones is 1. The lowest BCUT2D eigenvalue weighted by molar-refractivity contribution is -0.148. The highest BCUT2D eigenvalue weighted by atomic mass is 19.2. The predicted octanol–water partition coefficient (Wildman–Crippen LogP) is 2.44. The number of hydrogen-bond acceptors (Lipinski definition) is 3. The number of benzene rings is 1. The average molecular weight is 268 g/mol. The maximum absolute atomic E-state index is 13.7. The summed E-state index contributed by atoms with van der Waals surface area (Å²) in [6.07, 6.45) is 0.490. The van der Waals surface area contributed by atoms with Gasteiger partial charge in [0.05, 0.1) is 7.11 Å². The number of carbonyl (C=O) groups is 2. The van der Waals surface area contributed by atoms with E-state index in [9.17, 15) is 18.4 Å². The zero-order chi connectivity index (χ0) is 14.2. The molecule has 0 spiro atoms. The highest BCUT2D eigenvalue weighted by Crippen LogP contribution is 2.42. The van der Waals surface area contributed by atoms with Crippen LogP contribution in [0.1, 0.15) is 30.4 Å². The molecule has 0 amide bonds.